The fourth-order valence-electron chi connectivity index (χ4n) is 3.72. The summed E-state index contributed by atoms with van der Waals surface area (Å²) in [7, 11) is 0. The molecule has 0 bridgehead atoms. The molecule has 1 aliphatic carbocycles. The third-order valence-electron chi connectivity index (χ3n) is 5.26. The smallest absolute Gasteiger partial charge is 0.349 e. The normalized spacial score (nSPS) is 14.2. The van der Waals surface area contributed by atoms with E-state index in [-0.39, 0.29) is 33.1 Å². The van der Waals surface area contributed by atoms with Crippen LogP contribution in [0.2, 0.25) is 10.0 Å². The number of rotatable bonds is 4. The van der Waals surface area contributed by atoms with Gasteiger partial charge in [0.2, 0.25) is 5.69 Å². The quantitative estimate of drug-likeness (QED) is 0.617. The van der Waals surface area contributed by atoms with Gasteiger partial charge in [-0.15, -0.1) is 5.10 Å². The maximum Gasteiger partial charge on any atom is 0.349 e. The van der Waals surface area contributed by atoms with Crippen molar-refractivity contribution in [3.8, 4) is 23.3 Å². The van der Waals surface area contributed by atoms with Crippen molar-refractivity contribution < 1.29 is 4.74 Å². The maximum absolute atomic E-state index is 12.3. The van der Waals surface area contributed by atoms with E-state index in [1.165, 1.54) is 30.7 Å². The Labute approximate surface area is 191 Å². The number of halogens is 2. The van der Waals surface area contributed by atoms with E-state index in [1.807, 2.05) is 4.98 Å². The lowest BCUT2D eigenvalue weighted by Crippen LogP contribution is -2.33. The van der Waals surface area contributed by atoms with Crippen LogP contribution in [0.25, 0.3) is 5.69 Å². The molecule has 1 fully saturated rings. The minimum atomic E-state index is -0.890. The molecule has 0 amide bonds. The van der Waals surface area contributed by atoms with Gasteiger partial charge in [0.25, 0.3) is 11.1 Å². The standard InChI is InChI=1S/C21H17Cl2N5O4/c22-15-8-13(28-21(31)25-20(30)17(10-24)26-28)9-16(23)19(15)32-14-6-7-18(29)27(11-14)12-4-2-1-3-5-12/h6-9,11-12H,1-5H2,(H,25,30,31). The van der Waals surface area contributed by atoms with Gasteiger partial charge in [-0.2, -0.15) is 9.94 Å². The summed E-state index contributed by atoms with van der Waals surface area (Å²) in [6, 6.07) is 7.45. The van der Waals surface area contributed by atoms with Crippen LogP contribution < -0.4 is 21.5 Å². The number of aromatic nitrogens is 4. The van der Waals surface area contributed by atoms with Gasteiger partial charge >= 0.3 is 5.69 Å². The molecule has 0 saturated heterocycles. The first-order chi connectivity index (χ1) is 15.4. The zero-order chi connectivity index (χ0) is 22.8. The monoisotopic (exact) mass is 473 g/mol. The largest absolute Gasteiger partial charge is 0.453 e. The van der Waals surface area contributed by atoms with Crippen molar-refractivity contribution in [2.24, 2.45) is 0 Å². The molecule has 0 unspecified atom stereocenters. The molecular weight excluding hydrogens is 457 g/mol. The molecule has 1 aliphatic rings. The second-order valence-corrected chi connectivity index (χ2v) is 8.19. The van der Waals surface area contributed by atoms with Gasteiger partial charge in [-0.05, 0) is 31.0 Å². The van der Waals surface area contributed by atoms with Gasteiger partial charge < -0.3 is 9.30 Å². The fourth-order valence-corrected chi connectivity index (χ4v) is 4.27. The van der Waals surface area contributed by atoms with E-state index in [9.17, 15) is 14.4 Å². The first-order valence-corrected chi connectivity index (χ1v) is 10.7. The van der Waals surface area contributed by atoms with Crippen LogP contribution in [-0.4, -0.2) is 19.3 Å². The summed E-state index contributed by atoms with van der Waals surface area (Å²) in [6.07, 6.45) is 6.84. The summed E-state index contributed by atoms with van der Waals surface area (Å²) in [5.41, 5.74) is -2.19. The summed E-state index contributed by atoms with van der Waals surface area (Å²) in [6.45, 7) is 0. The van der Waals surface area contributed by atoms with Crippen LogP contribution in [0.3, 0.4) is 0 Å². The predicted molar refractivity (Wildman–Crippen MR) is 118 cm³/mol. The lowest BCUT2D eigenvalue weighted by Gasteiger charge is -2.24. The van der Waals surface area contributed by atoms with Gasteiger partial charge in [-0.25, -0.2) is 4.79 Å². The number of aromatic amines is 1. The van der Waals surface area contributed by atoms with Gasteiger partial charge in [0.05, 0.1) is 21.9 Å². The summed E-state index contributed by atoms with van der Waals surface area (Å²) in [5, 5.41) is 12.9. The predicted octanol–water partition coefficient (Wildman–Crippen LogP) is 3.56. The molecule has 2 heterocycles. The molecule has 32 heavy (non-hydrogen) atoms. The Hall–Kier alpha value is -3.35. The first kappa shape index (κ1) is 21.9. The Balaban J connectivity index is 1.69. The van der Waals surface area contributed by atoms with Crippen LogP contribution in [-0.2, 0) is 0 Å². The molecule has 1 saturated carbocycles. The second kappa shape index (κ2) is 9.02. The highest BCUT2D eigenvalue weighted by atomic mass is 35.5. The van der Waals surface area contributed by atoms with Gasteiger partial charge in [-0.1, -0.05) is 42.5 Å². The molecule has 9 nitrogen and oxygen atoms in total. The molecule has 2 aromatic heterocycles. The van der Waals surface area contributed by atoms with Crippen LogP contribution in [0.4, 0.5) is 0 Å². The Kier molecular flexibility index (Phi) is 6.17. The minimum Gasteiger partial charge on any atom is -0.453 e. The molecule has 0 aliphatic heterocycles. The average molecular weight is 474 g/mol. The summed E-state index contributed by atoms with van der Waals surface area (Å²) >= 11 is 12.7. The van der Waals surface area contributed by atoms with E-state index in [2.05, 4.69) is 5.10 Å². The van der Waals surface area contributed by atoms with E-state index >= 15 is 0 Å². The number of nitriles is 1. The summed E-state index contributed by atoms with van der Waals surface area (Å²) in [5.74, 6) is 0.515. The Bertz CT molecular complexity index is 1370. The summed E-state index contributed by atoms with van der Waals surface area (Å²) in [4.78, 5) is 38.0. The Morgan fingerprint density at radius 1 is 1.09 bits per heavy atom. The van der Waals surface area contributed by atoms with Crippen molar-refractivity contribution in [1.82, 2.24) is 19.3 Å². The van der Waals surface area contributed by atoms with Crippen LogP contribution in [0, 0.1) is 11.3 Å². The lowest BCUT2D eigenvalue weighted by molar-refractivity contribution is 0.341. The third kappa shape index (κ3) is 4.33. The number of ether oxygens (including phenoxy) is 1. The van der Waals surface area contributed by atoms with E-state index in [4.69, 9.17) is 33.2 Å². The molecule has 4 rings (SSSR count). The molecule has 164 valence electrons. The highest BCUT2D eigenvalue weighted by molar-refractivity contribution is 6.37. The van der Waals surface area contributed by atoms with Crippen molar-refractivity contribution in [3.05, 3.63) is 77.4 Å². The number of pyridine rings is 1. The SMILES string of the molecule is N#Cc1nn(-c2cc(Cl)c(Oc3ccc(=O)n(C4CCCCC4)c3)c(Cl)c2)c(=O)[nH]c1=O. The zero-order valence-electron chi connectivity index (χ0n) is 16.7. The molecule has 0 radical (unpaired) electrons. The maximum atomic E-state index is 12.3. The molecular formula is C21H17Cl2N5O4. The van der Waals surface area contributed by atoms with Crippen molar-refractivity contribution in [2.75, 3.05) is 0 Å². The minimum absolute atomic E-state index is 0.0707. The van der Waals surface area contributed by atoms with E-state index in [1.54, 1.807) is 16.8 Å². The van der Waals surface area contributed by atoms with Crippen LogP contribution in [0.15, 0.2) is 44.8 Å². The number of nitrogens with zero attached hydrogens (tertiary/aromatic N) is 4. The van der Waals surface area contributed by atoms with Gasteiger partial charge in [0.1, 0.15) is 11.8 Å². The average Bonchev–Trinajstić information content (AvgIpc) is 2.78. The Morgan fingerprint density at radius 2 is 1.78 bits per heavy atom. The van der Waals surface area contributed by atoms with Crippen LogP contribution in [0.5, 0.6) is 11.5 Å². The first-order valence-electron chi connectivity index (χ1n) is 9.90. The van der Waals surface area contributed by atoms with Crippen LogP contribution >= 0.6 is 23.2 Å². The molecule has 11 heteroatoms. The number of hydrogen-bond acceptors (Lipinski definition) is 6. The van der Waals surface area contributed by atoms with E-state index < -0.39 is 16.9 Å². The van der Waals surface area contributed by atoms with Crippen molar-refractivity contribution in [2.45, 2.75) is 38.1 Å². The van der Waals surface area contributed by atoms with Gasteiger partial charge in [0.15, 0.2) is 5.75 Å². The Morgan fingerprint density at radius 3 is 2.44 bits per heavy atom. The third-order valence-corrected chi connectivity index (χ3v) is 5.82. The van der Waals surface area contributed by atoms with E-state index in [0.717, 1.165) is 30.4 Å². The second-order valence-electron chi connectivity index (χ2n) is 7.37. The molecule has 0 spiro atoms. The number of hydrogen-bond donors (Lipinski definition) is 1. The van der Waals surface area contributed by atoms with E-state index in [0.29, 0.717) is 5.75 Å². The number of nitrogens with one attached hydrogen (secondary N) is 1. The van der Waals surface area contributed by atoms with Crippen molar-refractivity contribution in [3.63, 3.8) is 0 Å². The molecule has 1 aromatic carbocycles. The van der Waals surface area contributed by atoms with Crippen molar-refractivity contribution >= 4 is 23.2 Å². The molecule has 3 aromatic rings. The number of benzene rings is 1. The number of H-pyrrole nitrogens is 1. The highest BCUT2D eigenvalue weighted by Gasteiger charge is 2.18. The summed E-state index contributed by atoms with van der Waals surface area (Å²) < 4.78 is 8.36. The van der Waals surface area contributed by atoms with Gasteiger partial charge in [-0.3, -0.25) is 14.6 Å². The molecule has 0 atom stereocenters. The zero-order valence-corrected chi connectivity index (χ0v) is 18.2. The van der Waals surface area contributed by atoms with Crippen molar-refractivity contribution in [1.29, 1.82) is 5.26 Å². The topological polar surface area (TPSA) is 123 Å². The fraction of sp³-hybridized carbons (Fsp3) is 0.286. The van der Waals surface area contributed by atoms with Crippen LogP contribution in [0.1, 0.15) is 43.8 Å². The van der Waals surface area contributed by atoms with Gasteiger partial charge in [0, 0.05) is 12.1 Å². The lowest BCUT2D eigenvalue weighted by atomic mass is 9.95. The highest BCUT2D eigenvalue weighted by Crippen LogP contribution is 2.38. The molecule has 1 N–H and O–H groups in total.